The van der Waals surface area contributed by atoms with Crippen LogP contribution in [0.2, 0.25) is 0 Å². The fourth-order valence-electron chi connectivity index (χ4n) is 3.33. The highest BCUT2D eigenvalue weighted by atomic mass is 32.2. The van der Waals surface area contributed by atoms with E-state index in [0.29, 0.717) is 39.4 Å². The number of nitrogens with zero attached hydrogens (tertiary/aromatic N) is 2. The highest BCUT2D eigenvalue weighted by Crippen LogP contribution is 2.23. The van der Waals surface area contributed by atoms with Crippen molar-refractivity contribution in [1.82, 2.24) is 8.61 Å². The number of benzene rings is 1. The van der Waals surface area contributed by atoms with E-state index in [1.807, 2.05) is 0 Å². The normalized spacial score (nSPS) is 21.8. The van der Waals surface area contributed by atoms with Gasteiger partial charge in [0.15, 0.2) is 0 Å². The summed E-state index contributed by atoms with van der Waals surface area (Å²) in [6.45, 7) is 2.43. The van der Waals surface area contributed by atoms with Crippen molar-refractivity contribution < 1.29 is 21.6 Å². The lowest BCUT2D eigenvalue weighted by Gasteiger charge is -2.26. The Morgan fingerprint density at radius 1 is 0.615 bits per heavy atom. The Morgan fingerprint density at radius 2 is 1.00 bits per heavy atom. The zero-order valence-electron chi connectivity index (χ0n) is 14.8. The van der Waals surface area contributed by atoms with Crippen LogP contribution in [0.15, 0.2) is 34.1 Å². The van der Waals surface area contributed by atoms with Crippen molar-refractivity contribution in [3.8, 4) is 0 Å². The van der Waals surface area contributed by atoms with Crippen LogP contribution in [0.4, 0.5) is 0 Å². The van der Waals surface area contributed by atoms with Crippen LogP contribution in [-0.2, 0) is 24.8 Å². The molecule has 2 aliphatic rings. The molecule has 0 N–H and O–H groups in total. The monoisotopic (exact) mass is 402 g/mol. The standard InChI is InChI=1S/C17H26N2O5S2/c20-25(21,18-10-4-2-1-3-5-11-18)16-6-8-17(9-7-16)26(22,23)19-12-14-24-15-13-19/h6-9H,1-5,10-15H2. The molecular weight excluding hydrogens is 376 g/mol. The summed E-state index contributed by atoms with van der Waals surface area (Å²) in [5, 5.41) is 0. The summed E-state index contributed by atoms with van der Waals surface area (Å²) < 4.78 is 59.1. The van der Waals surface area contributed by atoms with E-state index in [1.165, 1.54) is 32.9 Å². The van der Waals surface area contributed by atoms with E-state index < -0.39 is 20.0 Å². The minimum Gasteiger partial charge on any atom is -0.379 e. The Hall–Kier alpha value is -1.00. The molecular formula is C17H26N2O5S2. The van der Waals surface area contributed by atoms with Gasteiger partial charge < -0.3 is 4.74 Å². The highest BCUT2D eigenvalue weighted by molar-refractivity contribution is 7.89. The molecule has 2 saturated heterocycles. The minimum absolute atomic E-state index is 0.117. The molecule has 0 radical (unpaired) electrons. The molecule has 3 rings (SSSR count). The molecule has 0 amide bonds. The van der Waals surface area contributed by atoms with E-state index in [9.17, 15) is 16.8 Å². The summed E-state index contributed by atoms with van der Waals surface area (Å²) in [7, 11) is -7.20. The maximum Gasteiger partial charge on any atom is 0.243 e. The zero-order chi connectivity index (χ0) is 18.6. The summed E-state index contributed by atoms with van der Waals surface area (Å²) in [6.07, 6.45) is 4.97. The number of morpholine rings is 1. The fraction of sp³-hybridized carbons (Fsp3) is 0.647. The number of sulfonamides is 2. The molecule has 0 aromatic heterocycles. The first kappa shape index (κ1) is 19.8. The van der Waals surface area contributed by atoms with Gasteiger partial charge in [0, 0.05) is 26.2 Å². The third-order valence-corrected chi connectivity index (χ3v) is 8.71. The Balaban J connectivity index is 1.79. The van der Waals surface area contributed by atoms with Crippen LogP contribution in [-0.4, -0.2) is 64.8 Å². The summed E-state index contributed by atoms with van der Waals surface area (Å²) in [4.78, 5) is 0.269. The fourth-order valence-corrected chi connectivity index (χ4v) is 6.25. The predicted molar refractivity (Wildman–Crippen MR) is 97.9 cm³/mol. The molecule has 0 bridgehead atoms. The maximum absolute atomic E-state index is 12.9. The molecule has 0 atom stereocenters. The van der Waals surface area contributed by atoms with Crippen LogP contribution in [0.25, 0.3) is 0 Å². The van der Waals surface area contributed by atoms with Gasteiger partial charge in [-0.1, -0.05) is 19.3 Å². The maximum atomic E-state index is 12.9. The van der Waals surface area contributed by atoms with Gasteiger partial charge >= 0.3 is 0 Å². The summed E-state index contributed by atoms with van der Waals surface area (Å²) in [5.41, 5.74) is 0. The van der Waals surface area contributed by atoms with E-state index in [0.717, 1.165) is 32.1 Å². The van der Waals surface area contributed by atoms with Crippen molar-refractivity contribution in [2.24, 2.45) is 0 Å². The van der Waals surface area contributed by atoms with Crippen LogP contribution >= 0.6 is 0 Å². The van der Waals surface area contributed by atoms with Gasteiger partial charge in [-0.15, -0.1) is 0 Å². The van der Waals surface area contributed by atoms with Gasteiger partial charge in [0.1, 0.15) is 0 Å². The SMILES string of the molecule is O=S(=O)(c1ccc(S(=O)(=O)N2CCOCC2)cc1)N1CCCCCCC1. The molecule has 0 saturated carbocycles. The third kappa shape index (κ3) is 4.28. The molecule has 2 heterocycles. The van der Waals surface area contributed by atoms with Gasteiger partial charge in [0.2, 0.25) is 20.0 Å². The molecule has 2 aliphatic heterocycles. The molecule has 1 aromatic rings. The first-order valence-corrected chi connectivity index (χ1v) is 12.0. The Kier molecular flexibility index (Phi) is 6.34. The lowest BCUT2D eigenvalue weighted by atomic mass is 10.1. The number of hydrogen-bond donors (Lipinski definition) is 0. The molecule has 0 unspecified atom stereocenters. The van der Waals surface area contributed by atoms with Crippen molar-refractivity contribution in [2.45, 2.75) is 41.9 Å². The second-order valence-corrected chi connectivity index (χ2v) is 10.5. The van der Waals surface area contributed by atoms with E-state index in [1.54, 1.807) is 0 Å². The zero-order valence-corrected chi connectivity index (χ0v) is 16.5. The topological polar surface area (TPSA) is 84.0 Å². The third-order valence-electron chi connectivity index (χ3n) is 4.88. The molecule has 1 aromatic carbocycles. The van der Waals surface area contributed by atoms with E-state index in [-0.39, 0.29) is 9.79 Å². The summed E-state index contributed by atoms with van der Waals surface area (Å²) in [5.74, 6) is 0. The van der Waals surface area contributed by atoms with Crippen molar-refractivity contribution in [2.75, 3.05) is 39.4 Å². The number of hydrogen-bond acceptors (Lipinski definition) is 5. The average molecular weight is 403 g/mol. The van der Waals surface area contributed by atoms with Crippen LogP contribution in [0, 0.1) is 0 Å². The number of ether oxygens (including phenoxy) is 1. The van der Waals surface area contributed by atoms with E-state index in [2.05, 4.69) is 0 Å². The Labute approximate surface area is 156 Å². The van der Waals surface area contributed by atoms with Gasteiger partial charge in [-0.3, -0.25) is 0 Å². The van der Waals surface area contributed by atoms with E-state index in [4.69, 9.17) is 4.74 Å². The molecule has 0 aliphatic carbocycles. The molecule has 2 fully saturated rings. The van der Waals surface area contributed by atoms with E-state index >= 15 is 0 Å². The van der Waals surface area contributed by atoms with Crippen molar-refractivity contribution >= 4 is 20.0 Å². The molecule has 7 nitrogen and oxygen atoms in total. The average Bonchev–Trinajstić information content (AvgIpc) is 2.62. The Morgan fingerprint density at radius 3 is 1.46 bits per heavy atom. The van der Waals surface area contributed by atoms with Crippen LogP contribution in [0.5, 0.6) is 0 Å². The molecule has 9 heteroatoms. The lowest BCUT2D eigenvalue weighted by Crippen LogP contribution is -2.40. The van der Waals surface area contributed by atoms with Gasteiger partial charge in [-0.2, -0.15) is 8.61 Å². The van der Waals surface area contributed by atoms with Gasteiger partial charge in [-0.25, -0.2) is 16.8 Å². The van der Waals surface area contributed by atoms with Gasteiger partial charge in [0.25, 0.3) is 0 Å². The first-order chi connectivity index (χ1) is 12.4. The van der Waals surface area contributed by atoms with Crippen LogP contribution < -0.4 is 0 Å². The smallest absolute Gasteiger partial charge is 0.243 e. The van der Waals surface area contributed by atoms with Crippen LogP contribution in [0.3, 0.4) is 0 Å². The van der Waals surface area contributed by atoms with Crippen molar-refractivity contribution in [3.63, 3.8) is 0 Å². The second-order valence-electron chi connectivity index (χ2n) is 6.66. The van der Waals surface area contributed by atoms with Gasteiger partial charge in [-0.05, 0) is 37.1 Å². The molecule has 26 heavy (non-hydrogen) atoms. The van der Waals surface area contributed by atoms with Crippen molar-refractivity contribution in [3.05, 3.63) is 24.3 Å². The van der Waals surface area contributed by atoms with Crippen LogP contribution in [0.1, 0.15) is 32.1 Å². The number of rotatable bonds is 4. The lowest BCUT2D eigenvalue weighted by molar-refractivity contribution is 0.0730. The summed E-state index contributed by atoms with van der Waals surface area (Å²) >= 11 is 0. The first-order valence-electron chi connectivity index (χ1n) is 9.10. The quantitative estimate of drug-likeness (QED) is 0.765. The molecule has 0 spiro atoms. The van der Waals surface area contributed by atoms with Crippen molar-refractivity contribution in [1.29, 1.82) is 0 Å². The second kappa shape index (κ2) is 8.35. The highest BCUT2D eigenvalue weighted by Gasteiger charge is 2.28. The van der Waals surface area contributed by atoms with Gasteiger partial charge in [0.05, 0.1) is 23.0 Å². The Bertz CT molecular complexity index is 792. The predicted octanol–water partition coefficient (Wildman–Crippen LogP) is 1.66. The minimum atomic E-state index is -3.61. The largest absolute Gasteiger partial charge is 0.379 e. The summed E-state index contributed by atoms with van der Waals surface area (Å²) in [6, 6.07) is 5.59. The molecule has 146 valence electrons.